The predicted molar refractivity (Wildman–Crippen MR) is 95.3 cm³/mol. The summed E-state index contributed by atoms with van der Waals surface area (Å²) in [7, 11) is 1.64. The first kappa shape index (κ1) is 16.0. The third-order valence-corrected chi connectivity index (χ3v) is 5.23. The number of aryl methyl sites for hydroxylation is 1. The highest BCUT2D eigenvalue weighted by Crippen LogP contribution is 2.41. The van der Waals surface area contributed by atoms with Crippen LogP contribution in [0.2, 0.25) is 0 Å². The number of aromatic nitrogens is 1. The van der Waals surface area contributed by atoms with Gasteiger partial charge < -0.3 is 15.4 Å². The summed E-state index contributed by atoms with van der Waals surface area (Å²) >= 11 is 1.36. The fraction of sp³-hybridized carbons (Fsp3) is 0.222. The van der Waals surface area contributed by atoms with Crippen molar-refractivity contribution in [2.45, 2.75) is 19.7 Å². The number of carbonyl (C=O) groups is 1. The van der Waals surface area contributed by atoms with Gasteiger partial charge in [0.15, 0.2) is 0 Å². The van der Waals surface area contributed by atoms with Crippen molar-refractivity contribution in [2.75, 3.05) is 12.4 Å². The molecule has 1 aliphatic heterocycles. The van der Waals surface area contributed by atoms with Crippen LogP contribution in [0, 0.1) is 12.7 Å². The first-order chi connectivity index (χ1) is 12.1. The van der Waals surface area contributed by atoms with Crippen LogP contribution in [0.25, 0.3) is 10.2 Å². The highest BCUT2D eigenvalue weighted by molar-refractivity contribution is 7.21. The number of hydrogen-bond donors (Lipinski definition) is 2. The number of fused-ring (bicyclic) bond motifs is 3. The van der Waals surface area contributed by atoms with E-state index in [1.165, 1.54) is 23.5 Å². The Morgan fingerprint density at radius 3 is 2.76 bits per heavy atom. The molecular weight excluding hydrogens is 341 g/mol. The summed E-state index contributed by atoms with van der Waals surface area (Å²) in [5.41, 5.74) is 3.42. The van der Waals surface area contributed by atoms with Crippen LogP contribution >= 0.6 is 11.3 Å². The number of rotatable bonds is 3. The Labute approximate surface area is 147 Å². The molecule has 2 N–H and O–H groups in total. The number of ether oxygens (including phenoxy) is 1. The van der Waals surface area contributed by atoms with Gasteiger partial charge in [0.05, 0.1) is 12.3 Å². The maximum Gasteiger partial charge on any atom is 0.265 e. The van der Waals surface area contributed by atoms with Crippen LogP contribution in [0.3, 0.4) is 0 Å². The molecule has 7 heteroatoms. The average molecular weight is 357 g/mol. The van der Waals surface area contributed by atoms with Crippen LogP contribution in [0.4, 0.5) is 10.1 Å². The van der Waals surface area contributed by atoms with E-state index in [9.17, 15) is 9.18 Å². The third-order valence-electron chi connectivity index (χ3n) is 4.15. The first-order valence-corrected chi connectivity index (χ1v) is 8.63. The van der Waals surface area contributed by atoms with Crippen LogP contribution in [0.5, 0.6) is 0 Å². The molecule has 0 bridgehead atoms. The molecule has 1 aromatic carbocycles. The number of methoxy groups -OCH3 is 1. The zero-order chi connectivity index (χ0) is 17.6. The minimum atomic E-state index is -0.421. The van der Waals surface area contributed by atoms with Gasteiger partial charge in [0.1, 0.15) is 21.7 Å². The lowest BCUT2D eigenvalue weighted by Gasteiger charge is -2.26. The number of nitrogens with one attached hydrogen (secondary N) is 2. The lowest BCUT2D eigenvalue weighted by molar-refractivity contribution is 0.0940. The molecule has 5 nitrogen and oxygen atoms in total. The summed E-state index contributed by atoms with van der Waals surface area (Å²) in [5.74, 6) is -0.471. The van der Waals surface area contributed by atoms with E-state index in [2.05, 4.69) is 15.6 Å². The number of hydrogen-bond acceptors (Lipinski definition) is 5. The van der Waals surface area contributed by atoms with Gasteiger partial charge >= 0.3 is 0 Å². The molecule has 1 amide bonds. The molecule has 1 unspecified atom stereocenters. The Balaban J connectivity index is 1.84. The van der Waals surface area contributed by atoms with Gasteiger partial charge in [-0.2, -0.15) is 0 Å². The number of amides is 1. The van der Waals surface area contributed by atoms with Crippen LogP contribution in [0.1, 0.15) is 32.7 Å². The van der Waals surface area contributed by atoms with Gasteiger partial charge in [-0.05, 0) is 36.2 Å². The molecule has 0 fully saturated rings. The first-order valence-electron chi connectivity index (χ1n) is 7.81. The fourth-order valence-electron chi connectivity index (χ4n) is 3.08. The van der Waals surface area contributed by atoms with Gasteiger partial charge in [-0.3, -0.25) is 4.79 Å². The number of benzene rings is 1. The van der Waals surface area contributed by atoms with Crippen molar-refractivity contribution >= 4 is 33.1 Å². The van der Waals surface area contributed by atoms with E-state index in [0.29, 0.717) is 11.5 Å². The summed E-state index contributed by atoms with van der Waals surface area (Å²) < 4.78 is 18.5. The van der Waals surface area contributed by atoms with E-state index in [-0.39, 0.29) is 11.7 Å². The Hall–Kier alpha value is -2.51. The molecule has 128 valence electrons. The molecule has 0 radical (unpaired) electrons. The molecule has 3 aromatic rings. The zero-order valence-electron chi connectivity index (χ0n) is 13.7. The summed E-state index contributed by atoms with van der Waals surface area (Å²) in [6.45, 7) is 2.36. The maximum atomic E-state index is 13.2. The van der Waals surface area contributed by atoms with Gasteiger partial charge in [0.25, 0.3) is 5.91 Å². The Kier molecular flexibility index (Phi) is 3.89. The van der Waals surface area contributed by atoms with Crippen molar-refractivity contribution in [1.29, 1.82) is 0 Å². The van der Waals surface area contributed by atoms with E-state index in [4.69, 9.17) is 4.74 Å². The second-order valence-electron chi connectivity index (χ2n) is 5.94. The van der Waals surface area contributed by atoms with Crippen LogP contribution in [-0.2, 0) is 11.3 Å². The quantitative estimate of drug-likeness (QED) is 0.749. The van der Waals surface area contributed by atoms with E-state index in [1.54, 1.807) is 19.2 Å². The highest BCUT2D eigenvalue weighted by atomic mass is 32.1. The molecule has 2 aromatic heterocycles. The molecule has 3 heterocycles. The smallest absolute Gasteiger partial charge is 0.265 e. The van der Waals surface area contributed by atoms with Gasteiger partial charge in [0.2, 0.25) is 0 Å². The third kappa shape index (κ3) is 2.75. The number of thiophene rings is 1. The largest absolute Gasteiger partial charge is 0.380 e. The normalized spacial score (nSPS) is 16.4. The topological polar surface area (TPSA) is 63.2 Å². The Morgan fingerprint density at radius 2 is 2.04 bits per heavy atom. The highest BCUT2D eigenvalue weighted by Gasteiger charge is 2.30. The van der Waals surface area contributed by atoms with E-state index in [0.717, 1.165) is 32.7 Å². The van der Waals surface area contributed by atoms with Crippen molar-refractivity contribution in [3.63, 3.8) is 0 Å². The number of halogens is 1. The van der Waals surface area contributed by atoms with Crippen molar-refractivity contribution in [1.82, 2.24) is 10.3 Å². The second-order valence-corrected chi connectivity index (χ2v) is 6.94. The number of pyridine rings is 1. The van der Waals surface area contributed by atoms with E-state index >= 15 is 0 Å². The SMILES string of the molecule is COCc1cc(C)nc2sc3c(c12)NC(c1ccc(F)cc1)NC3=O. The minimum Gasteiger partial charge on any atom is -0.380 e. The van der Waals surface area contributed by atoms with Crippen molar-refractivity contribution in [3.8, 4) is 0 Å². The van der Waals surface area contributed by atoms with Gasteiger partial charge in [0, 0.05) is 18.2 Å². The molecule has 0 spiro atoms. The van der Waals surface area contributed by atoms with Gasteiger partial charge in [-0.25, -0.2) is 9.37 Å². The van der Waals surface area contributed by atoms with Crippen molar-refractivity contribution in [2.24, 2.45) is 0 Å². The van der Waals surface area contributed by atoms with Crippen molar-refractivity contribution < 1.29 is 13.9 Å². The van der Waals surface area contributed by atoms with Gasteiger partial charge in [-0.15, -0.1) is 11.3 Å². The summed E-state index contributed by atoms with van der Waals surface area (Å²) in [6, 6.07) is 8.05. The minimum absolute atomic E-state index is 0.160. The molecule has 0 aliphatic carbocycles. The summed E-state index contributed by atoms with van der Waals surface area (Å²) in [4.78, 5) is 18.6. The molecule has 4 rings (SSSR count). The average Bonchev–Trinajstić information content (AvgIpc) is 2.94. The molecular formula is C18H16FN3O2S. The molecule has 1 atom stereocenters. The van der Waals surface area contributed by atoms with Crippen LogP contribution < -0.4 is 10.6 Å². The standard InChI is InChI=1S/C18H16FN3O2S/c1-9-7-11(8-24-2)13-14-15(25-18(13)20-9)17(23)22-16(21-14)10-3-5-12(19)6-4-10/h3-7,16,21H,8H2,1-2H3,(H,22,23). The number of anilines is 1. The lowest BCUT2D eigenvalue weighted by atomic mass is 10.1. The second kappa shape index (κ2) is 6.09. The molecule has 0 saturated carbocycles. The van der Waals surface area contributed by atoms with Crippen LogP contribution in [-0.4, -0.2) is 18.0 Å². The number of carbonyl (C=O) groups excluding carboxylic acids is 1. The van der Waals surface area contributed by atoms with Crippen LogP contribution in [0.15, 0.2) is 30.3 Å². The summed E-state index contributed by atoms with van der Waals surface area (Å²) in [5, 5.41) is 7.19. The Bertz CT molecular complexity index is 969. The van der Waals surface area contributed by atoms with Gasteiger partial charge in [-0.1, -0.05) is 12.1 Å². The monoisotopic (exact) mass is 357 g/mol. The van der Waals surface area contributed by atoms with E-state index in [1.807, 2.05) is 13.0 Å². The molecule has 1 aliphatic rings. The predicted octanol–water partition coefficient (Wildman–Crippen LogP) is 3.74. The number of nitrogens with zero attached hydrogens (tertiary/aromatic N) is 1. The maximum absolute atomic E-state index is 13.2. The van der Waals surface area contributed by atoms with E-state index < -0.39 is 6.17 Å². The van der Waals surface area contributed by atoms with Crippen molar-refractivity contribution in [3.05, 3.63) is 57.8 Å². The lowest BCUT2D eigenvalue weighted by Crippen LogP contribution is -2.37. The Morgan fingerprint density at radius 1 is 1.28 bits per heavy atom. The summed E-state index contributed by atoms with van der Waals surface area (Å²) in [6.07, 6.45) is -0.421. The molecule has 25 heavy (non-hydrogen) atoms. The zero-order valence-corrected chi connectivity index (χ0v) is 14.5. The fourth-order valence-corrected chi connectivity index (χ4v) is 4.21. The molecule has 0 saturated heterocycles.